The molecule has 0 unspecified atom stereocenters. The predicted molar refractivity (Wildman–Crippen MR) is 52.0 cm³/mol. The molecule has 0 aliphatic heterocycles. The summed E-state index contributed by atoms with van der Waals surface area (Å²) < 4.78 is 43.8. The van der Waals surface area contributed by atoms with Crippen molar-refractivity contribution in [3.05, 3.63) is 23.8 Å². The first kappa shape index (κ1) is 11.9. The number of ether oxygens (including phenoxy) is 2. The fourth-order valence-corrected chi connectivity index (χ4v) is 1.64. The summed E-state index contributed by atoms with van der Waals surface area (Å²) in [6.45, 7) is 1.61. The van der Waals surface area contributed by atoms with Crippen molar-refractivity contribution >= 4 is 10.2 Å². The van der Waals surface area contributed by atoms with Gasteiger partial charge in [0.1, 0.15) is 10.6 Å². The highest BCUT2D eigenvalue weighted by Crippen LogP contribution is 2.26. The second-order valence-electron chi connectivity index (χ2n) is 2.94. The number of benzene rings is 1. The molecule has 0 spiro atoms. The molecule has 1 rings (SSSR count). The van der Waals surface area contributed by atoms with Crippen LogP contribution in [0.2, 0.25) is 0 Å². The molecule has 6 heteroatoms. The van der Waals surface area contributed by atoms with E-state index in [-0.39, 0.29) is 12.5 Å². The van der Waals surface area contributed by atoms with Crippen molar-refractivity contribution in [3.8, 4) is 5.75 Å². The van der Waals surface area contributed by atoms with E-state index >= 15 is 0 Å². The lowest BCUT2D eigenvalue weighted by atomic mass is 10.2. The third-order valence-corrected chi connectivity index (χ3v) is 2.56. The zero-order valence-corrected chi connectivity index (χ0v) is 9.17. The van der Waals surface area contributed by atoms with E-state index in [2.05, 4.69) is 4.74 Å². The van der Waals surface area contributed by atoms with E-state index in [9.17, 15) is 12.3 Å². The predicted octanol–water partition coefficient (Wildman–Crippen LogP) is 1.64. The van der Waals surface area contributed by atoms with Crippen LogP contribution >= 0.6 is 0 Å². The second-order valence-corrected chi connectivity index (χ2v) is 4.25. The van der Waals surface area contributed by atoms with Crippen LogP contribution in [-0.2, 0) is 15.0 Å². The van der Waals surface area contributed by atoms with Gasteiger partial charge < -0.3 is 9.47 Å². The van der Waals surface area contributed by atoms with Crippen LogP contribution in [0, 0.1) is 6.92 Å². The number of hydrogen-bond acceptors (Lipinski definition) is 4. The van der Waals surface area contributed by atoms with Crippen LogP contribution in [0.3, 0.4) is 0 Å². The average molecular weight is 234 g/mol. The number of rotatable bonds is 4. The second kappa shape index (κ2) is 4.59. The Morgan fingerprint density at radius 1 is 1.40 bits per heavy atom. The lowest BCUT2D eigenvalue weighted by molar-refractivity contribution is 0.0489. The van der Waals surface area contributed by atoms with Gasteiger partial charge >= 0.3 is 10.2 Å². The van der Waals surface area contributed by atoms with Gasteiger partial charge in [0.15, 0.2) is 6.79 Å². The molecule has 0 heterocycles. The zero-order valence-electron chi connectivity index (χ0n) is 8.36. The van der Waals surface area contributed by atoms with Crippen LogP contribution in [0.5, 0.6) is 5.75 Å². The van der Waals surface area contributed by atoms with E-state index in [1.165, 1.54) is 19.2 Å². The van der Waals surface area contributed by atoms with Gasteiger partial charge in [-0.3, -0.25) is 0 Å². The van der Waals surface area contributed by atoms with Crippen LogP contribution in [0.4, 0.5) is 3.89 Å². The number of methoxy groups -OCH3 is 1. The van der Waals surface area contributed by atoms with E-state index in [0.717, 1.165) is 11.6 Å². The standard InChI is InChI=1S/C9H11FO4S/c1-7-3-4-9(15(10,11)12)8(5-7)14-6-13-2/h3-5H,6H2,1-2H3. The number of halogens is 1. The van der Waals surface area contributed by atoms with Gasteiger partial charge in [-0.25, -0.2) is 0 Å². The summed E-state index contributed by atoms with van der Waals surface area (Å²) in [5.41, 5.74) is 0.772. The molecule has 0 atom stereocenters. The summed E-state index contributed by atoms with van der Waals surface area (Å²) in [5.74, 6) is -0.0423. The SMILES string of the molecule is COCOc1cc(C)ccc1S(=O)(=O)F. The Morgan fingerprint density at radius 3 is 2.60 bits per heavy atom. The van der Waals surface area contributed by atoms with Gasteiger partial charge in [0.2, 0.25) is 0 Å². The summed E-state index contributed by atoms with van der Waals surface area (Å²) >= 11 is 0. The molecule has 0 aliphatic carbocycles. The van der Waals surface area contributed by atoms with Gasteiger partial charge in [0, 0.05) is 7.11 Å². The smallest absolute Gasteiger partial charge is 0.335 e. The fraction of sp³-hybridized carbons (Fsp3) is 0.333. The Bertz CT molecular complexity index is 441. The van der Waals surface area contributed by atoms with Crippen LogP contribution in [-0.4, -0.2) is 22.3 Å². The van der Waals surface area contributed by atoms with Gasteiger partial charge in [-0.05, 0) is 24.6 Å². The van der Waals surface area contributed by atoms with E-state index < -0.39 is 15.1 Å². The van der Waals surface area contributed by atoms with Crippen molar-refractivity contribution in [2.45, 2.75) is 11.8 Å². The highest BCUT2D eigenvalue weighted by Gasteiger charge is 2.18. The van der Waals surface area contributed by atoms with E-state index in [4.69, 9.17) is 4.74 Å². The molecule has 0 fully saturated rings. The molecule has 0 aromatic heterocycles. The normalized spacial score (nSPS) is 11.4. The number of hydrogen-bond donors (Lipinski definition) is 0. The van der Waals surface area contributed by atoms with Gasteiger partial charge in [-0.1, -0.05) is 6.07 Å². The van der Waals surface area contributed by atoms with Gasteiger partial charge in [-0.15, -0.1) is 3.89 Å². The van der Waals surface area contributed by atoms with E-state index in [1.54, 1.807) is 6.92 Å². The van der Waals surface area contributed by atoms with Crippen molar-refractivity contribution in [2.75, 3.05) is 13.9 Å². The van der Waals surface area contributed by atoms with Crippen molar-refractivity contribution < 1.29 is 21.8 Å². The number of aryl methyl sites for hydroxylation is 1. The first-order valence-corrected chi connectivity index (χ1v) is 5.50. The molecule has 1 aromatic carbocycles. The molecule has 0 saturated heterocycles. The Kier molecular flexibility index (Phi) is 3.65. The highest BCUT2D eigenvalue weighted by atomic mass is 32.3. The summed E-state index contributed by atoms with van der Waals surface area (Å²) in [4.78, 5) is -0.481. The maximum atomic E-state index is 12.8. The Labute approximate surface area is 87.8 Å². The van der Waals surface area contributed by atoms with Gasteiger partial charge in [0.25, 0.3) is 0 Å². The molecular weight excluding hydrogens is 223 g/mol. The van der Waals surface area contributed by atoms with Crippen LogP contribution < -0.4 is 4.74 Å². The first-order valence-electron chi connectivity index (χ1n) is 4.12. The summed E-state index contributed by atoms with van der Waals surface area (Å²) in [6, 6.07) is 4.09. The molecule has 0 bridgehead atoms. The molecule has 84 valence electrons. The topological polar surface area (TPSA) is 52.6 Å². The van der Waals surface area contributed by atoms with Crippen molar-refractivity contribution in [2.24, 2.45) is 0 Å². The minimum absolute atomic E-state index is 0.0423. The molecule has 0 aliphatic rings. The van der Waals surface area contributed by atoms with Crippen LogP contribution in [0.25, 0.3) is 0 Å². The van der Waals surface area contributed by atoms with Crippen molar-refractivity contribution in [3.63, 3.8) is 0 Å². The zero-order chi connectivity index (χ0) is 11.5. The molecule has 1 aromatic rings. The minimum Gasteiger partial charge on any atom is -0.466 e. The third-order valence-electron chi connectivity index (χ3n) is 1.69. The Morgan fingerprint density at radius 2 is 2.07 bits per heavy atom. The summed E-state index contributed by atoms with van der Waals surface area (Å²) in [6.07, 6.45) is 0. The maximum Gasteiger partial charge on any atom is 0.335 e. The van der Waals surface area contributed by atoms with E-state index in [1.807, 2.05) is 0 Å². The lowest BCUT2D eigenvalue weighted by Crippen LogP contribution is -2.03. The Hall–Kier alpha value is -1.14. The summed E-state index contributed by atoms with van der Waals surface area (Å²) in [5, 5.41) is 0. The first-order chi connectivity index (χ1) is 6.95. The van der Waals surface area contributed by atoms with E-state index in [0.29, 0.717) is 0 Å². The van der Waals surface area contributed by atoms with Crippen LogP contribution in [0.1, 0.15) is 5.56 Å². The largest absolute Gasteiger partial charge is 0.466 e. The third kappa shape index (κ3) is 3.17. The molecule has 15 heavy (non-hydrogen) atoms. The molecule has 0 saturated carbocycles. The quantitative estimate of drug-likeness (QED) is 0.587. The van der Waals surface area contributed by atoms with Crippen molar-refractivity contribution in [1.82, 2.24) is 0 Å². The van der Waals surface area contributed by atoms with Crippen LogP contribution in [0.15, 0.2) is 23.1 Å². The van der Waals surface area contributed by atoms with Gasteiger partial charge in [0.05, 0.1) is 0 Å². The molecular formula is C9H11FO4S. The molecule has 4 nitrogen and oxygen atoms in total. The maximum absolute atomic E-state index is 12.8. The average Bonchev–Trinajstić information content (AvgIpc) is 2.12. The summed E-state index contributed by atoms with van der Waals surface area (Å²) in [7, 11) is -3.37. The highest BCUT2D eigenvalue weighted by molar-refractivity contribution is 7.86. The fourth-order valence-electron chi connectivity index (χ4n) is 1.05. The lowest BCUT2D eigenvalue weighted by Gasteiger charge is -2.08. The monoisotopic (exact) mass is 234 g/mol. The molecule has 0 N–H and O–H groups in total. The minimum atomic E-state index is -4.76. The van der Waals surface area contributed by atoms with Gasteiger partial charge in [-0.2, -0.15) is 8.42 Å². The Balaban J connectivity index is 3.15. The molecule has 0 radical (unpaired) electrons. The van der Waals surface area contributed by atoms with Crippen molar-refractivity contribution in [1.29, 1.82) is 0 Å². The molecule has 0 amide bonds.